The van der Waals surface area contributed by atoms with E-state index >= 15 is 0 Å². The molecule has 10 heteroatoms. The monoisotopic (exact) mass is 359 g/mol. The van der Waals surface area contributed by atoms with Crippen LogP contribution in [0.4, 0.5) is 23.4 Å². The minimum Gasteiger partial charge on any atom is -0.503 e. The van der Waals surface area contributed by atoms with Crippen molar-refractivity contribution in [3.63, 3.8) is 0 Å². The second-order valence-electron chi connectivity index (χ2n) is 4.90. The zero-order valence-corrected chi connectivity index (χ0v) is 13.0. The predicted octanol–water partition coefficient (Wildman–Crippen LogP) is 2.87. The summed E-state index contributed by atoms with van der Waals surface area (Å²) in [4.78, 5) is 14.5. The number of aromatic nitrogens is 1. The minimum absolute atomic E-state index is 0.174. The number of benzene rings is 1. The molecule has 0 saturated carbocycles. The van der Waals surface area contributed by atoms with Gasteiger partial charge >= 0.3 is 6.18 Å². The van der Waals surface area contributed by atoms with Crippen LogP contribution < -0.4 is 15.5 Å². The molecule has 0 aliphatic carbocycles. The van der Waals surface area contributed by atoms with Crippen LogP contribution in [0.15, 0.2) is 23.0 Å². The molecule has 6 nitrogen and oxygen atoms in total. The molecule has 0 saturated heterocycles. The molecule has 0 unspecified atom stereocenters. The molecule has 0 radical (unpaired) electrons. The van der Waals surface area contributed by atoms with Gasteiger partial charge in [0.25, 0.3) is 0 Å². The SMILES string of the molecule is CNc1[nH]c(-c2ccc(OC)cc2F)c(O)c(=O)c1C(=N)C(F)(F)F. The number of ether oxygens (including phenoxy) is 1. The lowest BCUT2D eigenvalue weighted by Gasteiger charge is -2.16. The highest BCUT2D eigenvalue weighted by molar-refractivity contribution is 6.06. The second-order valence-corrected chi connectivity index (χ2v) is 4.90. The van der Waals surface area contributed by atoms with E-state index in [-0.39, 0.29) is 11.3 Å². The Labute approximate surface area is 138 Å². The highest BCUT2D eigenvalue weighted by Crippen LogP contribution is 2.32. The van der Waals surface area contributed by atoms with Crippen molar-refractivity contribution < 1.29 is 27.4 Å². The molecule has 2 aromatic rings. The van der Waals surface area contributed by atoms with Crippen LogP contribution in [0, 0.1) is 11.2 Å². The molecule has 1 heterocycles. The molecular weight excluding hydrogens is 346 g/mol. The lowest BCUT2D eigenvalue weighted by Crippen LogP contribution is -2.30. The minimum atomic E-state index is -5.10. The molecule has 4 N–H and O–H groups in total. The van der Waals surface area contributed by atoms with Crippen LogP contribution in [-0.4, -0.2) is 36.1 Å². The van der Waals surface area contributed by atoms with Gasteiger partial charge in [-0.1, -0.05) is 0 Å². The van der Waals surface area contributed by atoms with Crippen molar-refractivity contribution in [3.8, 4) is 22.8 Å². The van der Waals surface area contributed by atoms with E-state index in [1.54, 1.807) is 0 Å². The zero-order chi connectivity index (χ0) is 18.9. The van der Waals surface area contributed by atoms with Crippen LogP contribution in [0.2, 0.25) is 0 Å². The van der Waals surface area contributed by atoms with Crippen LogP contribution in [-0.2, 0) is 0 Å². The summed E-state index contributed by atoms with van der Waals surface area (Å²) in [5.74, 6) is -2.30. The van der Waals surface area contributed by atoms with Gasteiger partial charge in [-0.15, -0.1) is 0 Å². The lowest BCUT2D eigenvalue weighted by atomic mass is 10.0. The van der Waals surface area contributed by atoms with Gasteiger partial charge in [0.05, 0.1) is 18.4 Å². The predicted molar refractivity (Wildman–Crippen MR) is 83.1 cm³/mol. The van der Waals surface area contributed by atoms with Crippen LogP contribution in [0.3, 0.4) is 0 Å². The maximum Gasteiger partial charge on any atom is 0.433 e. The molecule has 1 aromatic carbocycles. The van der Waals surface area contributed by atoms with Crippen molar-refractivity contribution in [3.05, 3.63) is 39.8 Å². The summed E-state index contributed by atoms with van der Waals surface area (Å²) in [5, 5.41) is 19.4. The number of hydrogen-bond acceptors (Lipinski definition) is 5. The number of anilines is 1. The highest BCUT2D eigenvalue weighted by Gasteiger charge is 2.39. The first-order chi connectivity index (χ1) is 11.6. The van der Waals surface area contributed by atoms with Gasteiger partial charge in [0, 0.05) is 18.7 Å². The van der Waals surface area contributed by atoms with E-state index in [2.05, 4.69) is 10.3 Å². The van der Waals surface area contributed by atoms with Gasteiger partial charge < -0.3 is 20.1 Å². The average molecular weight is 359 g/mol. The van der Waals surface area contributed by atoms with Crippen molar-refractivity contribution in [2.75, 3.05) is 19.5 Å². The number of halogens is 4. The van der Waals surface area contributed by atoms with Gasteiger partial charge in [0.1, 0.15) is 17.4 Å². The van der Waals surface area contributed by atoms with E-state index in [1.165, 1.54) is 26.3 Å². The highest BCUT2D eigenvalue weighted by atomic mass is 19.4. The van der Waals surface area contributed by atoms with Crippen molar-refractivity contribution in [2.24, 2.45) is 0 Å². The molecule has 2 rings (SSSR count). The van der Waals surface area contributed by atoms with Crippen LogP contribution in [0.1, 0.15) is 5.56 Å². The number of pyridine rings is 1. The molecule has 0 aliphatic heterocycles. The fourth-order valence-electron chi connectivity index (χ4n) is 2.18. The first-order valence-corrected chi connectivity index (χ1v) is 6.78. The summed E-state index contributed by atoms with van der Waals surface area (Å²) in [6.07, 6.45) is -5.10. The van der Waals surface area contributed by atoms with Gasteiger partial charge in [0.15, 0.2) is 11.5 Å². The molecule has 0 amide bonds. The van der Waals surface area contributed by atoms with Gasteiger partial charge in [-0.2, -0.15) is 13.2 Å². The van der Waals surface area contributed by atoms with E-state index in [9.17, 15) is 27.5 Å². The van der Waals surface area contributed by atoms with Crippen LogP contribution in [0.25, 0.3) is 11.3 Å². The third-order valence-electron chi connectivity index (χ3n) is 3.41. The van der Waals surface area contributed by atoms with Gasteiger partial charge in [-0.25, -0.2) is 4.39 Å². The van der Waals surface area contributed by atoms with Gasteiger partial charge in [-0.3, -0.25) is 10.2 Å². The Morgan fingerprint density at radius 2 is 2.00 bits per heavy atom. The van der Waals surface area contributed by atoms with Crippen molar-refractivity contribution >= 4 is 11.5 Å². The average Bonchev–Trinajstić information content (AvgIpc) is 2.55. The maximum absolute atomic E-state index is 14.2. The van der Waals surface area contributed by atoms with Gasteiger partial charge in [-0.05, 0) is 12.1 Å². The summed E-state index contributed by atoms with van der Waals surface area (Å²) in [6.45, 7) is 0. The second kappa shape index (κ2) is 6.46. The summed E-state index contributed by atoms with van der Waals surface area (Å²) in [6, 6.07) is 3.52. The van der Waals surface area contributed by atoms with Crippen molar-refractivity contribution in [2.45, 2.75) is 6.18 Å². The Hall–Kier alpha value is -3.04. The van der Waals surface area contributed by atoms with E-state index in [1.807, 2.05) is 0 Å². The molecule has 25 heavy (non-hydrogen) atoms. The number of rotatable bonds is 4. The number of alkyl halides is 3. The Morgan fingerprint density at radius 1 is 1.36 bits per heavy atom. The Balaban J connectivity index is 2.74. The molecule has 1 aromatic heterocycles. The largest absolute Gasteiger partial charge is 0.503 e. The number of hydrogen-bond donors (Lipinski definition) is 4. The molecule has 0 spiro atoms. The smallest absolute Gasteiger partial charge is 0.433 e. The first kappa shape index (κ1) is 18.3. The number of methoxy groups -OCH3 is 1. The van der Waals surface area contributed by atoms with E-state index < -0.39 is 46.0 Å². The van der Waals surface area contributed by atoms with E-state index in [0.29, 0.717) is 0 Å². The standard InChI is InChI=1S/C15H13F4N3O3/c1-21-14-9(13(20)15(17,18)19)11(23)12(24)10(22-14)7-4-3-6(25-2)5-8(7)16/h3-5,20,24H,1-2H3,(H2,21,22,23). The van der Waals surface area contributed by atoms with E-state index in [0.717, 1.165) is 6.07 Å². The number of H-pyrrole nitrogens is 1. The van der Waals surface area contributed by atoms with Crippen molar-refractivity contribution in [1.29, 1.82) is 5.41 Å². The first-order valence-electron chi connectivity index (χ1n) is 6.78. The summed E-state index contributed by atoms with van der Waals surface area (Å²) in [7, 11) is 2.52. The Bertz CT molecular complexity index is 891. The van der Waals surface area contributed by atoms with Gasteiger partial charge in [0.2, 0.25) is 5.43 Å². The fourth-order valence-corrected chi connectivity index (χ4v) is 2.18. The number of aromatic amines is 1. The maximum atomic E-state index is 14.2. The summed E-state index contributed by atoms with van der Waals surface area (Å²) < 4.78 is 57.3. The van der Waals surface area contributed by atoms with Crippen LogP contribution in [0.5, 0.6) is 11.5 Å². The van der Waals surface area contributed by atoms with Crippen LogP contribution >= 0.6 is 0 Å². The molecule has 0 bridgehead atoms. The molecule has 0 atom stereocenters. The lowest BCUT2D eigenvalue weighted by molar-refractivity contribution is -0.0588. The normalized spacial score (nSPS) is 11.3. The third kappa shape index (κ3) is 3.28. The number of aromatic hydroxyl groups is 1. The molecule has 0 aliphatic rings. The van der Waals surface area contributed by atoms with E-state index in [4.69, 9.17) is 10.1 Å². The zero-order valence-electron chi connectivity index (χ0n) is 13.0. The summed E-state index contributed by atoms with van der Waals surface area (Å²) in [5.41, 5.74) is -5.15. The Kier molecular flexibility index (Phi) is 4.73. The quantitative estimate of drug-likeness (QED) is 0.498. The summed E-state index contributed by atoms with van der Waals surface area (Å²) >= 11 is 0. The third-order valence-corrected chi connectivity index (χ3v) is 3.41. The number of nitrogens with one attached hydrogen (secondary N) is 3. The fraction of sp³-hybridized carbons (Fsp3) is 0.200. The van der Waals surface area contributed by atoms with Crippen molar-refractivity contribution in [1.82, 2.24) is 4.98 Å². The molecular formula is C15H13F4N3O3. The Morgan fingerprint density at radius 3 is 2.48 bits per heavy atom. The molecule has 0 fully saturated rings. The topological polar surface area (TPSA) is 98.2 Å². The molecule has 134 valence electrons.